The number of carbonyl (C=O) groups excluding carboxylic acids is 2. The van der Waals surface area contributed by atoms with Crippen molar-refractivity contribution in [3.63, 3.8) is 0 Å². The molecule has 2 amide bonds. The maximum Gasteiger partial charge on any atom is 0.264 e. The number of aryl methyl sites for hydroxylation is 1. The van der Waals surface area contributed by atoms with Gasteiger partial charge < -0.3 is 15.0 Å². The lowest BCUT2D eigenvalue weighted by Crippen LogP contribution is -2.56. The lowest BCUT2D eigenvalue weighted by Gasteiger charge is -2.35. The molecule has 4 rings (SSSR count). The highest BCUT2D eigenvalue weighted by Crippen LogP contribution is 2.36. The third-order valence-electron chi connectivity index (χ3n) is 7.34. The number of nitrogens with zero attached hydrogens (tertiary/aromatic N) is 2. The molecule has 8 nitrogen and oxygen atoms in total. The third kappa shape index (κ3) is 9.28. The van der Waals surface area contributed by atoms with Crippen molar-refractivity contribution in [2.75, 3.05) is 18.0 Å². The summed E-state index contributed by atoms with van der Waals surface area (Å²) in [5.41, 5.74) is 1.81. The maximum atomic E-state index is 14.6. The van der Waals surface area contributed by atoms with E-state index in [1.54, 1.807) is 43.5 Å². The Balaban J connectivity index is 1.86. The minimum Gasteiger partial charge on any atom is -0.497 e. The van der Waals surface area contributed by atoms with Crippen LogP contribution in [0.3, 0.4) is 0 Å². The second-order valence-corrected chi connectivity index (χ2v) is 14.9. The van der Waals surface area contributed by atoms with Crippen LogP contribution in [0.1, 0.15) is 37.5 Å². The molecule has 0 aliphatic heterocycles. The van der Waals surface area contributed by atoms with E-state index in [1.807, 2.05) is 64.1 Å². The Morgan fingerprint density at radius 2 is 1.51 bits per heavy atom. The van der Waals surface area contributed by atoms with Crippen molar-refractivity contribution in [3.8, 4) is 5.75 Å². The average molecular weight is 697 g/mol. The van der Waals surface area contributed by atoms with Gasteiger partial charge in [0.2, 0.25) is 11.8 Å². The number of anilines is 1. The summed E-state index contributed by atoms with van der Waals surface area (Å²) in [6.07, 6.45) is 0.182. The van der Waals surface area contributed by atoms with Gasteiger partial charge in [0.25, 0.3) is 10.0 Å². The van der Waals surface area contributed by atoms with Crippen molar-refractivity contribution < 1.29 is 22.7 Å². The summed E-state index contributed by atoms with van der Waals surface area (Å²) in [6.45, 7) is 6.75. The fourth-order valence-corrected chi connectivity index (χ4v) is 6.88. The number of amides is 2. The third-order valence-corrected chi connectivity index (χ3v) is 9.93. The Morgan fingerprint density at radius 1 is 0.872 bits per heavy atom. The Kier molecular flexibility index (Phi) is 11.6. The molecule has 0 aromatic heterocycles. The zero-order valence-electron chi connectivity index (χ0n) is 27.0. The zero-order chi connectivity index (χ0) is 34.4. The number of nitrogens with one attached hydrogen (secondary N) is 1. The predicted molar refractivity (Wildman–Crippen MR) is 188 cm³/mol. The standard InChI is InChI=1S/C36H39Cl2N3O5S/c1-25-17-19-29(20-18-25)47(44,45)41(31-16-10-15-30(37)34(31)38)24-33(42)40(23-27-13-9-14-28(21-27)46-5)32(35(43)39-36(2,3)4)22-26-11-7-6-8-12-26/h6-21,32H,22-24H2,1-5H3,(H,39,43)/t32-/m0/s1. The minimum absolute atomic E-state index is 0.00715. The first kappa shape index (κ1) is 35.8. The average Bonchev–Trinajstić information content (AvgIpc) is 3.03. The van der Waals surface area contributed by atoms with Crippen LogP contribution in [0.2, 0.25) is 10.0 Å². The second-order valence-electron chi connectivity index (χ2n) is 12.2. The molecule has 0 radical (unpaired) electrons. The molecule has 0 unspecified atom stereocenters. The molecule has 4 aromatic rings. The lowest BCUT2D eigenvalue weighted by molar-refractivity contribution is -0.140. The van der Waals surface area contributed by atoms with Crippen LogP contribution in [0.25, 0.3) is 0 Å². The van der Waals surface area contributed by atoms with Crippen LogP contribution in [0.15, 0.2) is 102 Å². The van der Waals surface area contributed by atoms with E-state index >= 15 is 0 Å². The van der Waals surface area contributed by atoms with Crippen LogP contribution in [0, 0.1) is 6.92 Å². The Morgan fingerprint density at radius 3 is 2.15 bits per heavy atom. The molecule has 0 bridgehead atoms. The van der Waals surface area contributed by atoms with E-state index in [1.165, 1.54) is 29.2 Å². The molecule has 0 aliphatic carbocycles. The molecule has 47 heavy (non-hydrogen) atoms. The van der Waals surface area contributed by atoms with Gasteiger partial charge in [0.05, 0.1) is 27.7 Å². The second kappa shape index (κ2) is 15.2. The molecular weight excluding hydrogens is 657 g/mol. The Bertz CT molecular complexity index is 1810. The van der Waals surface area contributed by atoms with Gasteiger partial charge in [0.15, 0.2) is 0 Å². The van der Waals surface area contributed by atoms with E-state index in [-0.39, 0.29) is 39.5 Å². The zero-order valence-corrected chi connectivity index (χ0v) is 29.4. The van der Waals surface area contributed by atoms with Crippen molar-refractivity contribution in [1.82, 2.24) is 10.2 Å². The van der Waals surface area contributed by atoms with Crippen LogP contribution in [-0.4, -0.2) is 50.4 Å². The highest BCUT2D eigenvalue weighted by molar-refractivity contribution is 7.92. The summed E-state index contributed by atoms with van der Waals surface area (Å²) < 4.78 is 34.9. The van der Waals surface area contributed by atoms with Crippen LogP contribution in [-0.2, 0) is 32.6 Å². The molecule has 248 valence electrons. The number of rotatable bonds is 12. The monoisotopic (exact) mass is 695 g/mol. The van der Waals surface area contributed by atoms with Gasteiger partial charge in [-0.1, -0.05) is 89.4 Å². The molecule has 1 atom stereocenters. The van der Waals surface area contributed by atoms with Crippen molar-refractivity contribution in [2.24, 2.45) is 0 Å². The topological polar surface area (TPSA) is 96.0 Å². The summed E-state index contributed by atoms with van der Waals surface area (Å²) in [6, 6.07) is 26.4. The smallest absolute Gasteiger partial charge is 0.264 e. The minimum atomic E-state index is -4.33. The van der Waals surface area contributed by atoms with Crippen LogP contribution in [0.5, 0.6) is 5.75 Å². The summed E-state index contributed by atoms with van der Waals surface area (Å²) in [7, 11) is -2.79. The molecule has 4 aromatic carbocycles. The summed E-state index contributed by atoms with van der Waals surface area (Å²) in [4.78, 5) is 30.1. The molecule has 0 saturated heterocycles. The fourth-order valence-electron chi connectivity index (χ4n) is 5.01. The van der Waals surface area contributed by atoms with Gasteiger partial charge in [-0.25, -0.2) is 8.42 Å². The number of hydrogen-bond acceptors (Lipinski definition) is 5. The first-order valence-electron chi connectivity index (χ1n) is 15.0. The SMILES string of the molecule is COc1cccc(CN(C(=O)CN(c2cccc(Cl)c2Cl)S(=O)(=O)c2ccc(C)cc2)[C@@H](Cc2ccccc2)C(=O)NC(C)(C)C)c1. The first-order valence-corrected chi connectivity index (χ1v) is 17.2. The molecule has 0 aliphatic rings. The van der Waals surface area contributed by atoms with Gasteiger partial charge in [-0.05, 0) is 75.2 Å². The molecular formula is C36H39Cl2N3O5S. The van der Waals surface area contributed by atoms with Crippen molar-refractivity contribution in [3.05, 3.63) is 124 Å². The quantitative estimate of drug-likeness (QED) is 0.171. The molecule has 1 N–H and O–H groups in total. The highest BCUT2D eigenvalue weighted by atomic mass is 35.5. The van der Waals surface area contributed by atoms with Crippen LogP contribution in [0.4, 0.5) is 5.69 Å². The number of ether oxygens (including phenoxy) is 1. The molecule has 0 fully saturated rings. The van der Waals surface area contributed by atoms with Gasteiger partial charge in [-0.3, -0.25) is 13.9 Å². The van der Waals surface area contributed by atoms with E-state index in [0.29, 0.717) is 11.3 Å². The number of carbonyl (C=O) groups is 2. The number of methoxy groups -OCH3 is 1. The largest absolute Gasteiger partial charge is 0.497 e. The van der Waals surface area contributed by atoms with Gasteiger partial charge >= 0.3 is 0 Å². The van der Waals surface area contributed by atoms with E-state index in [2.05, 4.69) is 5.32 Å². The van der Waals surface area contributed by atoms with Gasteiger partial charge in [0, 0.05) is 18.5 Å². The fraction of sp³-hybridized carbons (Fsp3) is 0.278. The van der Waals surface area contributed by atoms with Gasteiger partial charge in [-0.15, -0.1) is 0 Å². The van der Waals surface area contributed by atoms with Crippen molar-refractivity contribution >= 4 is 50.7 Å². The van der Waals surface area contributed by atoms with Gasteiger partial charge in [0.1, 0.15) is 18.3 Å². The number of sulfonamides is 1. The van der Waals surface area contributed by atoms with Crippen molar-refractivity contribution in [2.45, 2.75) is 57.1 Å². The Hall–Kier alpha value is -4.05. The van der Waals surface area contributed by atoms with Gasteiger partial charge in [-0.2, -0.15) is 0 Å². The number of hydrogen-bond donors (Lipinski definition) is 1. The van der Waals surface area contributed by atoms with Crippen molar-refractivity contribution in [1.29, 1.82) is 0 Å². The van der Waals surface area contributed by atoms with Crippen LogP contribution >= 0.6 is 23.2 Å². The highest BCUT2D eigenvalue weighted by Gasteiger charge is 2.36. The first-order chi connectivity index (χ1) is 22.2. The predicted octanol–water partition coefficient (Wildman–Crippen LogP) is 7.06. The maximum absolute atomic E-state index is 14.6. The normalized spacial score (nSPS) is 12.2. The van der Waals surface area contributed by atoms with E-state index in [9.17, 15) is 18.0 Å². The van der Waals surface area contributed by atoms with E-state index < -0.39 is 34.1 Å². The number of benzene rings is 4. The summed E-state index contributed by atoms with van der Waals surface area (Å²) in [5.74, 6) is -0.432. The Labute approximate surface area is 287 Å². The molecule has 0 spiro atoms. The summed E-state index contributed by atoms with van der Waals surface area (Å²) >= 11 is 12.9. The molecule has 0 heterocycles. The molecule has 0 saturated carbocycles. The lowest BCUT2D eigenvalue weighted by atomic mass is 10.0. The number of halogens is 2. The summed E-state index contributed by atoms with van der Waals surface area (Å²) in [5, 5.41) is 3.12. The van der Waals surface area contributed by atoms with Crippen LogP contribution < -0.4 is 14.4 Å². The van der Waals surface area contributed by atoms with E-state index in [0.717, 1.165) is 15.4 Å². The van der Waals surface area contributed by atoms with E-state index in [4.69, 9.17) is 27.9 Å². The molecule has 11 heteroatoms.